The summed E-state index contributed by atoms with van der Waals surface area (Å²) in [6.45, 7) is 3.94. The Kier molecular flexibility index (Phi) is 8.94. The highest BCUT2D eigenvalue weighted by Gasteiger charge is 2.09. The highest BCUT2D eigenvalue weighted by atomic mass is 15.0. The third kappa shape index (κ3) is 6.10. The molecule has 2 aromatic heterocycles. The Morgan fingerprint density at radius 1 is 0.447 bits per heavy atom. The Bertz CT molecular complexity index is 1440. The van der Waals surface area contributed by atoms with Crippen LogP contribution in [0, 0.1) is 12.8 Å². The van der Waals surface area contributed by atoms with E-state index in [0.717, 1.165) is 22.8 Å². The molecule has 1 N–H and O–H groups in total. The van der Waals surface area contributed by atoms with Crippen LogP contribution in [0.4, 0.5) is 0 Å². The average Bonchev–Trinajstić information content (AvgIpc) is 3.69. The zero-order valence-electron chi connectivity index (χ0n) is 21.2. The molecule has 0 aliphatic rings. The maximum absolute atomic E-state index is 4.00. The predicted octanol–water partition coefficient (Wildman–Crippen LogP) is 9.52. The van der Waals surface area contributed by atoms with Crippen molar-refractivity contribution in [3.8, 4) is 57.9 Å². The van der Waals surface area contributed by atoms with Gasteiger partial charge in [-0.05, 0) is 46.5 Å². The van der Waals surface area contributed by atoms with Crippen molar-refractivity contribution < 1.29 is 0 Å². The van der Waals surface area contributed by atoms with E-state index in [1.54, 1.807) is 0 Å². The molecule has 0 amide bonds. The van der Waals surface area contributed by atoms with Gasteiger partial charge in [0.1, 0.15) is 0 Å². The zero-order chi connectivity index (χ0) is 26.6. The first kappa shape index (κ1) is 25.8. The van der Waals surface area contributed by atoms with Gasteiger partial charge >= 0.3 is 0 Å². The molecular formula is C36H30N2. The maximum Gasteiger partial charge on any atom is 0.0528 e. The van der Waals surface area contributed by atoms with E-state index in [4.69, 9.17) is 0 Å². The molecule has 2 heterocycles. The van der Waals surface area contributed by atoms with Crippen molar-refractivity contribution in [2.45, 2.75) is 0 Å². The van der Waals surface area contributed by atoms with Crippen LogP contribution in [0.1, 0.15) is 0 Å². The number of nitrogens with one attached hydrogen (secondary N) is 1. The van der Waals surface area contributed by atoms with Crippen LogP contribution < -0.4 is 0 Å². The van der Waals surface area contributed by atoms with Crippen molar-refractivity contribution in [2.24, 2.45) is 0 Å². The highest BCUT2D eigenvalue weighted by Crippen LogP contribution is 2.29. The lowest BCUT2D eigenvalue weighted by atomic mass is 10.1. The van der Waals surface area contributed by atoms with Gasteiger partial charge in [-0.2, -0.15) is 0 Å². The number of aromatic nitrogens is 2. The molecule has 0 aliphatic heterocycles. The Hall–Kier alpha value is -5.26. The minimum absolute atomic E-state index is 1.16. The van der Waals surface area contributed by atoms with Crippen molar-refractivity contribution in [1.82, 2.24) is 9.55 Å². The first-order chi connectivity index (χ1) is 18.8. The number of rotatable bonds is 5. The minimum atomic E-state index is 1.16. The number of H-pyrrole nitrogens is 1. The summed E-state index contributed by atoms with van der Waals surface area (Å²) in [6.07, 6.45) is 9.87. The summed E-state index contributed by atoms with van der Waals surface area (Å²) in [6, 6.07) is 50.0. The number of aromatic amines is 1. The molecule has 4 aromatic carbocycles. The third-order valence-corrected chi connectivity index (χ3v) is 6.10. The van der Waals surface area contributed by atoms with E-state index in [9.17, 15) is 0 Å². The molecule has 0 saturated carbocycles. The molecule has 0 fully saturated rings. The second kappa shape index (κ2) is 13.2. The molecule has 0 spiro atoms. The van der Waals surface area contributed by atoms with Crippen LogP contribution in [0.3, 0.4) is 0 Å². The summed E-state index contributed by atoms with van der Waals surface area (Å²) in [5, 5.41) is 0. The Labute approximate surface area is 225 Å². The first-order valence-corrected chi connectivity index (χ1v) is 12.4. The Morgan fingerprint density at radius 2 is 0.763 bits per heavy atom. The standard InChI is InChI=1S/C18H15N.C16H13N.C2H2/c1-2-19-17(15-9-5-3-6-10-15)13-14-18(19)16-11-7-4-8-12-16;1-3-7-13(8-4-1)15-11-12-16(17-15)14-9-5-2-6-10-14;1-2/h2-14H,1H2;1-12,17H;1-2H. The van der Waals surface area contributed by atoms with Gasteiger partial charge in [0, 0.05) is 17.6 Å². The minimum Gasteiger partial charge on any atom is -0.355 e. The van der Waals surface area contributed by atoms with Crippen molar-refractivity contribution in [3.63, 3.8) is 0 Å². The lowest BCUT2D eigenvalue weighted by Gasteiger charge is -2.08. The fourth-order valence-corrected chi connectivity index (χ4v) is 4.30. The molecule has 184 valence electrons. The van der Waals surface area contributed by atoms with Gasteiger partial charge < -0.3 is 9.55 Å². The van der Waals surface area contributed by atoms with E-state index in [0.29, 0.717) is 0 Å². The monoisotopic (exact) mass is 490 g/mol. The smallest absolute Gasteiger partial charge is 0.0528 e. The molecule has 6 aromatic rings. The van der Waals surface area contributed by atoms with E-state index in [1.165, 1.54) is 22.3 Å². The SMILES string of the molecule is C#C.C=Cn1c(-c2ccccc2)ccc1-c1ccccc1.c1ccc(-c2ccc(-c3ccccc3)[nH]2)cc1. The summed E-state index contributed by atoms with van der Waals surface area (Å²) in [5.74, 6) is 0. The Balaban J connectivity index is 0.000000167. The van der Waals surface area contributed by atoms with Crippen molar-refractivity contribution in [1.29, 1.82) is 0 Å². The van der Waals surface area contributed by atoms with E-state index in [-0.39, 0.29) is 0 Å². The van der Waals surface area contributed by atoms with Crippen LogP contribution in [0.25, 0.3) is 51.2 Å². The quantitative estimate of drug-likeness (QED) is 0.232. The summed E-state index contributed by atoms with van der Waals surface area (Å²) in [4.78, 5) is 3.45. The third-order valence-electron chi connectivity index (χ3n) is 6.10. The van der Waals surface area contributed by atoms with Crippen LogP contribution in [0.2, 0.25) is 0 Å². The first-order valence-electron chi connectivity index (χ1n) is 12.4. The summed E-state index contributed by atoms with van der Waals surface area (Å²) < 4.78 is 2.13. The van der Waals surface area contributed by atoms with Gasteiger partial charge in [0.15, 0.2) is 0 Å². The number of hydrogen-bond acceptors (Lipinski definition) is 0. The summed E-state index contributed by atoms with van der Waals surface area (Å²) in [5.41, 5.74) is 9.47. The number of terminal acetylenes is 1. The largest absolute Gasteiger partial charge is 0.355 e. The second-order valence-corrected chi connectivity index (χ2v) is 8.41. The maximum atomic E-state index is 4.00. The van der Waals surface area contributed by atoms with Crippen LogP contribution in [-0.2, 0) is 0 Å². The van der Waals surface area contributed by atoms with Gasteiger partial charge in [-0.3, -0.25) is 0 Å². The molecule has 0 radical (unpaired) electrons. The molecule has 2 nitrogen and oxygen atoms in total. The molecule has 6 rings (SSSR count). The van der Waals surface area contributed by atoms with Crippen molar-refractivity contribution in [3.05, 3.63) is 152 Å². The van der Waals surface area contributed by atoms with Crippen LogP contribution in [0.5, 0.6) is 0 Å². The second-order valence-electron chi connectivity index (χ2n) is 8.41. The molecule has 2 heteroatoms. The molecule has 0 saturated heterocycles. The van der Waals surface area contributed by atoms with Gasteiger partial charge in [0.05, 0.1) is 11.4 Å². The number of benzene rings is 4. The van der Waals surface area contributed by atoms with Gasteiger partial charge in [-0.25, -0.2) is 0 Å². The zero-order valence-corrected chi connectivity index (χ0v) is 21.2. The van der Waals surface area contributed by atoms with E-state index in [2.05, 4.69) is 150 Å². The van der Waals surface area contributed by atoms with E-state index >= 15 is 0 Å². The molecule has 0 atom stereocenters. The lowest BCUT2D eigenvalue weighted by molar-refractivity contribution is 1.19. The lowest BCUT2D eigenvalue weighted by Crippen LogP contribution is -1.92. The fraction of sp³-hybridized carbons (Fsp3) is 0. The highest BCUT2D eigenvalue weighted by molar-refractivity contribution is 5.73. The van der Waals surface area contributed by atoms with Crippen LogP contribution in [0.15, 0.2) is 152 Å². The van der Waals surface area contributed by atoms with Crippen LogP contribution >= 0.6 is 0 Å². The fourth-order valence-electron chi connectivity index (χ4n) is 4.30. The van der Waals surface area contributed by atoms with E-state index < -0.39 is 0 Å². The van der Waals surface area contributed by atoms with Crippen molar-refractivity contribution in [2.75, 3.05) is 0 Å². The molecule has 38 heavy (non-hydrogen) atoms. The summed E-state index contributed by atoms with van der Waals surface area (Å²) >= 11 is 0. The summed E-state index contributed by atoms with van der Waals surface area (Å²) in [7, 11) is 0. The number of hydrogen-bond donors (Lipinski definition) is 1. The van der Waals surface area contributed by atoms with Crippen molar-refractivity contribution >= 4 is 6.20 Å². The topological polar surface area (TPSA) is 20.7 Å². The van der Waals surface area contributed by atoms with Gasteiger partial charge in [0.25, 0.3) is 0 Å². The number of nitrogens with zero attached hydrogens (tertiary/aromatic N) is 1. The van der Waals surface area contributed by atoms with Crippen LogP contribution in [-0.4, -0.2) is 9.55 Å². The molecule has 0 aliphatic carbocycles. The average molecular weight is 491 g/mol. The normalized spacial score (nSPS) is 9.84. The van der Waals surface area contributed by atoms with E-state index in [1.807, 2.05) is 30.5 Å². The molecular weight excluding hydrogens is 460 g/mol. The molecule has 0 bridgehead atoms. The van der Waals surface area contributed by atoms with Gasteiger partial charge in [0.2, 0.25) is 0 Å². The predicted molar refractivity (Wildman–Crippen MR) is 163 cm³/mol. The van der Waals surface area contributed by atoms with Gasteiger partial charge in [-0.1, -0.05) is 128 Å². The molecule has 0 unspecified atom stereocenters. The Morgan fingerprint density at radius 3 is 1.08 bits per heavy atom. The van der Waals surface area contributed by atoms with Gasteiger partial charge in [-0.15, -0.1) is 12.8 Å².